The molecule has 0 aliphatic carbocycles. The third-order valence-electron chi connectivity index (χ3n) is 3.40. The lowest BCUT2D eigenvalue weighted by Crippen LogP contribution is -2.35. The summed E-state index contributed by atoms with van der Waals surface area (Å²) in [6.07, 6.45) is 1.44. The lowest BCUT2D eigenvalue weighted by Gasteiger charge is -2.25. The van der Waals surface area contributed by atoms with Crippen molar-refractivity contribution < 1.29 is 17.9 Å². The number of hydrogen-bond acceptors (Lipinski definition) is 5. The minimum Gasteiger partial charge on any atom is -0.465 e. The van der Waals surface area contributed by atoms with E-state index in [2.05, 4.69) is 5.32 Å². The molecule has 5 nitrogen and oxygen atoms in total. The number of methoxy groups -OCH3 is 1. The maximum Gasteiger partial charge on any atom is 0.339 e. The zero-order chi connectivity index (χ0) is 14.8. The molecule has 0 amide bonds. The molecule has 0 spiro atoms. The van der Waals surface area contributed by atoms with E-state index in [9.17, 15) is 13.2 Å². The van der Waals surface area contributed by atoms with Crippen molar-refractivity contribution >= 4 is 21.5 Å². The first kappa shape index (κ1) is 14.8. The van der Waals surface area contributed by atoms with Crippen molar-refractivity contribution in [2.45, 2.75) is 25.8 Å². The molecule has 1 fully saturated rings. The van der Waals surface area contributed by atoms with Crippen LogP contribution in [0.4, 0.5) is 5.69 Å². The van der Waals surface area contributed by atoms with E-state index in [1.165, 1.54) is 7.11 Å². The van der Waals surface area contributed by atoms with Gasteiger partial charge in [0.05, 0.1) is 24.2 Å². The van der Waals surface area contributed by atoms with Gasteiger partial charge in [0.15, 0.2) is 9.84 Å². The highest BCUT2D eigenvalue weighted by Crippen LogP contribution is 2.22. The highest BCUT2D eigenvalue weighted by Gasteiger charge is 2.25. The Kier molecular flexibility index (Phi) is 4.32. The van der Waals surface area contributed by atoms with E-state index in [-0.39, 0.29) is 17.5 Å². The van der Waals surface area contributed by atoms with Gasteiger partial charge in [-0.15, -0.1) is 0 Å². The number of benzene rings is 1. The van der Waals surface area contributed by atoms with Crippen LogP contribution in [0.25, 0.3) is 0 Å². The van der Waals surface area contributed by atoms with Gasteiger partial charge in [-0.05, 0) is 31.9 Å². The van der Waals surface area contributed by atoms with Crippen LogP contribution in [0.15, 0.2) is 18.2 Å². The Balaban J connectivity index is 2.23. The highest BCUT2D eigenvalue weighted by molar-refractivity contribution is 7.91. The number of esters is 1. The van der Waals surface area contributed by atoms with Crippen molar-refractivity contribution in [3.8, 4) is 0 Å². The molecular formula is C14H19NO4S. The van der Waals surface area contributed by atoms with Crippen LogP contribution in [-0.2, 0) is 14.6 Å². The number of hydrogen-bond donors (Lipinski definition) is 1. The Morgan fingerprint density at radius 1 is 1.40 bits per heavy atom. The molecule has 1 N–H and O–H groups in total. The quantitative estimate of drug-likeness (QED) is 0.861. The fourth-order valence-corrected chi connectivity index (χ4v) is 4.06. The van der Waals surface area contributed by atoms with Crippen LogP contribution in [-0.4, -0.2) is 39.0 Å². The predicted octanol–water partition coefficient (Wildman–Crippen LogP) is 1.77. The van der Waals surface area contributed by atoms with Gasteiger partial charge in [0, 0.05) is 11.7 Å². The lowest BCUT2D eigenvalue weighted by atomic mass is 10.1. The van der Waals surface area contributed by atoms with Crippen molar-refractivity contribution in [2.75, 3.05) is 23.9 Å². The smallest absolute Gasteiger partial charge is 0.339 e. The van der Waals surface area contributed by atoms with E-state index in [1.54, 1.807) is 12.1 Å². The van der Waals surface area contributed by atoms with Gasteiger partial charge >= 0.3 is 5.97 Å². The average molecular weight is 297 g/mol. The predicted molar refractivity (Wildman–Crippen MR) is 77.8 cm³/mol. The molecule has 1 aliphatic rings. The lowest BCUT2D eigenvalue weighted by molar-refractivity contribution is 0.0601. The molecule has 0 aromatic heterocycles. The maximum atomic E-state index is 11.8. The number of ether oxygens (including phenoxy) is 1. The highest BCUT2D eigenvalue weighted by atomic mass is 32.2. The first-order chi connectivity index (χ1) is 9.41. The minimum atomic E-state index is -2.98. The van der Waals surface area contributed by atoms with Gasteiger partial charge in [-0.3, -0.25) is 0 Å². The Labute approximate surface area is 119 Å². The third kappa shape index (κ3) is 3.50. The second-order valence-electron chi connectivity index (χ2n) is 5.14. The number of nitrogens with one attached hydrogen (secondary N) is 1. The van der Waals surface area contributed by atoms with Crippen LogP contribution in [0, 0.1) is 6.92 Å². The summed E-state index contributed by atoms with van der Waals surface area (Å²) in [5, 5.41) is 3.17. The van der Waals surface area contributed by atoms with Crippen LogP contribution < -0.4 is 5.32 Å². The Morgan fingerprint density at radius 2 is 2.15 bits per heavy atom. The molecule has 0 radical (unpaired) electrons. The fraction of sp³-hybridized carbons (Fsp3) is 0.500. The van der Waals surface area contributed by atoms with E-state index in [0.717, 1.165) is 12.0 Å². The van der Waals surface area contributed by atoms with Gasteiger partial charge in [0.1, 0.15) is 0 Å². The molecule has 1 aromatic carbocycles. The number of aryl methyl sites for hydroxylation is 1. The zero-order valence-corrected chi connectivity index (χ0v) is 12.5. The molecule has 1 heterocycles. The van der Waals surface area contributed by atoms with Gasteiger partial charge in [-0.1, -0.05) is 11.6 Å². The summed E-state index contributed by atoms with van der Waals surface area (Å²) in [5.74, 6) is -0.0559. The molecule has 0 bridgehead atoms. The molecule has 1 saturated heterocycles. The van der Waals surface area contributed by atoms with Crippen LogP contribution in [0.1, 0.15) is 28.8 Å². The molecule has 1 aliphatic heterocycles. The van der Waals surface area contributed by atoms with E-state index < -0.39 is 15.8 Å². The Hall–Kier alpha value is -1.56. The van der Waals surface area contributed by atoms with Crippen molar-refractivity contribution in [2.24, 2.45) is 0 Å². The standard InChI is InChI=1S/C14H19NO4S/c1-10-5-6-13(12(8-10)14(16)19-2)15-11-4-3-7-20(17,18)9-11/h5-6,8,11,15H,3-4,7,9H2,1-2H3. The zero-order valence-electron chi connectivity index (χ0n) is 11.7. The fourth-order valence-electron chi connectivity index (χ4n) is 2.42. The summed E-state index contributed by atoms with van der Waals surface area (Å²) in [5.41, 5.74) is 2.02. The van der Waals surface area contributed by atoms with E-state index in [4.69, 9.17) is 4.74 Å². The van der Waals surface area contributed by atoms with Crippen molar-refractivity contribution in [1.29, 1.82) is 0 Å². The number of sulfone groups is 1. The van der Waals surface area contributed by atoms with Crippen molar-refractivity contribution in [3.63, 3.8) is 0 Å². The van der Waals surface area contributed by atoms with Crippen LogP contribution in [0.5, 0.6) is 0 Å². The van der Waals surface area contributed by atoms with Crippen molar-refractivity contribution in [1.82, 2.24) is 0 Å². The second kappa shape index (κ2) is 5.83. The first-order valence-electron chi connectivity index (χ1n) is 6.57. The van der Waals surface area contributed by atoms with Gasteiger partial charge in [-0.25, -0.2) is 13.2 Å². The van der Waals surface area contributed by atoms with Crippen LogP contribution in [0.2, 0.25) is 0 Å². The normalized spacial score (nSPS) is 21.2. The summed E-state index contributed by atoms with van der Waals surface area (Å²) in [4.78, 5) is 11.8. The summed E-state index contributed by atoms with van der Waals surface area (Å²) in [7, 11) is -1.64. The molecular weight excluding hydrogens is 278 g/mol. The number of anilines is 1. The summed E-state index contributed by atoms with van der Waals surface area (Å²) in [6.45, 7) is 1.89. The van der Waals surface area contributed by atoms with Gasteiger partial charge in [-0.2, -0.15) is 0 Å². The molecule has 1 atom stereocenters. The molecule has 1 aromatic rings. The monoisotopic (exact) mass is 297 g/mol. The SMILES string of the molecule is COC(=O)c1cc(C)ccc1NC1CCCS(=O)(=O)C1. The second-order valence-corrected chi connectivity index (χ2v) is 7.37. The largest absolute Gasteiger partial charge is 0.465 e. The van der Waals surface area contributed by atoms with Gasteiger partial charge in [0.2, 0.25) is 0 Å². The summed E-state index contributed by atoms with van der Waals surface area (Å²) in [6, 6.07) is 5.26. The number of carbonyl (C=O) groups is 1. The molecule has 2 rings (SSSR count). The summed E-state index contributed by atoms with van der Waals surface area (Å²) < 4.78 is 28.1. The Bertz CT molecular complexity index is 610. The third-order valence-corrected chi connectivity index (χ3v) is 5.22. The summed E-state index contributed by atoms with van der Waals surface area (Å²) >= 11 is 0. The van der Waals surface area contributed by atoms with Gasteiger partial charge < -0.3 is 10.1 Å². The number of rotatable bonds is 3. The number of carbonyl (C=O) groups excluding carboxylic acids is 1. The molecule has 0 saturated carbocycles. The average Bonchev–Trinajstić information content (AvgIpc) is 2.39. The topological polar surface area (TPSA) is 72.5 Å². The first-order valence-corrected chi connectivity index (χ1v) is 8.39. The maximum absolute atomic E-state index is 11.8. The Morgan fingerprint density at radius 3 is 2.80 bits per heavy atom. The van der Waals surface area contributed by atoms with Crippen LogP contribution >= 0.6 is 0 Å². The minimum absolute atomic E-state index is 0.113. The van der Waals surface area contributed by atoms with E-state index in [0.29, 0.717) is 17.7 Å². The van der Waals surface area contributed by atoms with Gasteiger partial charge in [0.25, 0.3) is 0 Å². The molecule has 6 heteroatoms. The van der Waals surface area contributed by atoms with Crippen molar-refractivity contribution in [3.05, 3.63) is 29.3 Å². The molecule has 110 valence electrons. The van der Waals surface area contributed by atoms with E-state index in [1.807, 2.05) is 13.0 Å². The van der Waals surface area contributed by atoms with Crippen LogP contribution in [0.3, 0.4) is 0 Å². The van der Waals surface area contributed by atoms with E-state index >= 15 is 0 Å². The molecule has 20 heavy (non-hydrogen) atoms. The molecule has 1 unspecified atom stereocenters.